The number of piperidine rings is 1. The lowest BCUT2D eigenvalue weighted by Gasteiger charge is -2.33. The average Bonchev–Trinajstić information content (AvgIpc) is 2.43. The molecule has 0 aromatic rings. The van der Waals surface area contributed by atoms with E-state index in [1.807, 2.05) is 27.0 Å². The molecule has 126 valence electrons. The number of ether oxygens (including phenoxy) is 1. The van der Waals surface area contributed by atoms with Crippen LogP contribution < -0.4 is 5.32 Å². The Labute approximate surface area is 137 Å². The number of nitrogens with zero attached hydrogens (tertiary/aromatic N) is 2. The summed E-state index contributed by atoms with van der Waals surface area (Å²) in [7, 11) is 0. The number of amides is 1. The van der Waals surface area contributed by atoms with Crippen molar-refractivity contribution in [2.24, 2.45) is 10.9 Å². The van der Waals surface area contributed by atoms with E-state index in [-0.39, 0.29) is 30.1 Å². The second-order valence-corrected chi connectivity index (χ2v) is 6.51. The van der Waals surface area contributed by atoms with Gasteiger partial charge in [-0.1, -0.05) is 11.8 Å². The van der Waals surface area contributed by atoms with Gasteiger partial charge in [0.25, 0.3) is 0 Å². The molecular weight excluding hydrogens is 302 g/mol. The zero-order valence-electron chi connectivity index (χ0n) is 14.1. The second kappa shape index (κ2) is 9.02. The number of carbonyl (C=O) groups excluding carboxylic acids is 2. The number of carbonyl (C=O) groups is 2. The number of likely N-dealkylation sites (tertiary alicyclic amines) is 1. The fourth-order valence-corrected chi connectivity index (χ4v) is 3.09. The molecule has 1 heterocycles. The normalized spacial score (nSPS) is 18.3. The topological polar surface area (TPSA) is 71.0 Å². The molecule has 1 N–H and O–H groups in total. The van der Waals surface area contributed by atoms with Crippen LogP contribution in [-0.2, 0) is 14.3 Å². The third-order valence-corrected chi connectivity index (χ3v) is 4.08. The third-order valence-electron chi connectivity index (χ3n) is 3.35. The number of amidine groups is 1. The Morgan fingerprint density at radius 2 is 1.86 bits per heavy atom. The van der Waals surface area contributed by atoms with E-state index in [0.29, 0.717) is 0 Å². The fraction of sp³-hybridized carbons (Fsp3) is 0.800. The maximum atomic E-state index is 11.9. The molecule has 0 saturated carbocycles. The minimum atomic E-state index is -0.247. The third kappa shape index (κ3) is 6.25. The Morgan fingerprint density at radius 1 is 1.27 bits per heavy atom. The van der Waals surface area contributed by atoms with Crippen LogP contribution in [0.25, 0.3) is 0 Å². The molecule has 0 aromatic heterocycles. The molecule has 0 bridgehead atoms. The van der Waals surface area contributed by atoms with Gasteiger partial charge < -0.3 is 15.0 Å². The Bertz CT molecular complexity index is 418. The molecule has 1 rings (SSSR count). The summed E-state index contributed by atoms with van der Waals surface area (Å²) in [5.41, 5.74) is 0. The van der Waals surface area contributed by atoms with Crippen molar-refractivity contribution in [1.82, 2.24) is 10.2 Å². The number of hydrogen-bond donors (Lipinski definition) is 1. The Morgan fingerprint density at radius 3 is 2.32 bits per heavy atom. The predicted molar refractivity (Wildman–Crippen MR) is 89.8 cm³/mol. The van der Waals surface area contributed by atoms with E-state index >= 15 is 0 Å². The molecular formula is C15H27N3O3S. The van der Waals surface area contributed by atoms with Crippen LogP contribution >= 0.6 is 11.8 Å². The second-order valence-electron chi connectivity index (χ2n) is 5.74. The van der Waals surface area contributed by atoms with Gasteiger partial charge in [-0.2, -0.15) is 0 Å². The lowest BCUT2D eigenvalue weighted by atomic mass is 9.97. The molecule has 7 heteroatoms. The van der Waals surface area contributed by atoms with E-state index in [9.17, 15) is 9.59 Å². The summed E-state index contributed by atoms with van der Waals surface area (Å²) in [5.74, 6) is -0.203. The van der Waals surface area contributed by atoms with E-state index in [2.05, 4.69) is 15.2 Å². The molecule has 0 aliphatic carbocycles. The summed E-state index contributed by atoms with van der Waals surface area (Å²) >= 11 is 1.56. The minimum Gasteiger partial charge on any atom is -0.463 e. The highest BCUT2D eigenvalue weighted by Crippen LogP contribution is 2.22. The van der Waals surface area contributed by atoms with Crippen molar-refractivity contribution >= 4 is 28.8 Å². The van der Waals surface area contributed by atoms with E-state index in [4.69, 9.17) is 4.74 Å². The molecule has 1 atom stereocenters. The molecule has 1 saturated heterocycles. The van der Waals surface area contributed by atoms with Crippen LogP contribution in [0, 0.1) is 5.92 Å². The number of aliphatic imine (C=N–C) groups is 1. The van der Waals surface area contributed by atoms with Crippen molar-refractivity contribution in [1.29, 1.82) is 0 Å². The van der Waals surface area contributed by atoms with Gasteiger partial charge in [-0.3, -0.25) is 9.59 Å². The van der Waals surface area contributed by atoms with Crippen LogP contribution in [0.1, 0.15) is 40.5 Å². The van der Waals surface area contributed by atoms with Gasteiger partial charge >= 0.3 is 5.97 Å². The van der Waals surface area contributed by atoms with Crippen molar-refractivity contribution in [3.05, 3.63) is 0 Å². The summed E-state index contributed by atoms with van der Waals surface area (Å²) in [6.45, 7) is 8.64. The van der Waals surface area contributed by atoms with Crippen LogP contribution in [0.5, 0.6) is 0 Å². The molecule has 1 fully saturated rings. The van der Waals surface area contributed by atoms with Crippen molar-refractivity contribution in [2.45, 2.75) is 52.8 Å². The number of thioether (sulfide) groups is 1. The summed E-state index contributed by atoms with van der Waals surface area (Å²) in [6, 6.07) is 0. The van der Waals surface area contributed by atoms with Crippen LogP contribution in [0.4, 0.5) is 0 Å². The number of nitrogens with one attached hydrogen (secondary N) is 1. The van der Waals surface area contributed by atoms with Crippen LogP contribution in [-0.4, -0.2) is 53.6 Å². The van der Waals surface area contributed by atoms with Crippen LogP contribution in [0.3, 0.4) is 0 Å². The van der Waals surface area contributed by atoms with Gasteiger partial charge in [0, 0.05) is 20.0 Å². The monoisotopic (exact) mass is 329 g/mol. The predicted octanol–water partition coefficient (Wildman–Crippen LogP) is 1.85. The van der Waals surface area contributed by atoms with Crippen molar-refractivity contribution in [2.75, 3.05) is 19.3 Å². The first-order valence-corrected chi connectivity index (χ1v) is 8.90. The molecule has 0 spiro atoms. The van der Waals surface area contributed by atoms with Crippen LogP contribution in [0.15, 0.2) is 4.99 Å². The van der Waals surface area contributed by atoms with Gasteiger partial charge in [0.15, 0.2) is 5.17 Å². The number of esters is 1. The first-order valence-electron chi connectivity index (χ1n) is 7.67. The molecule has 6 nitrogen and oxygen atoms in total. The molecule has 1 aliphatic heterocycles. The summed E-state index contributed by atoms with van der Waals surface area (Å²) in [6.07, 6.45) is 3.22. The summed E-state index contributed by atoms with van der Waals surface area (Å²) in [5, 5.41) is 3.65. The molecule has 1 unspecified atom stereocenters. The molecule has 22 heavy (non-hydrogen) atoms. The quantitative estimate of drug-likeness (QED) is 0.484. The maximum absolute atomic E-state index is 11.9. The van der Waals surface area contributed by atoms with E-state index in [1.165, 1.54) is 6.92 Å². The molecule has 0 radical (unpaired) electrons. The van der Waals surface area contributed by atoms with Gasteiger partial charge in [0.05, 0.1) is 12.0 Å². The van der Waals surface area contributed by atoms with Crippen molar-refractivity contribution in [3.63, 3.8) is 0 Å². The smallest absolute Gasteiger partial charge is 0.309 e. The van der Waals surface area contributed by atoms with Gasteiger partial charge in [0.1, 0.15) is 6.17 Å². The largest absolute Gasteiger partial charge is 0.463 e. The van der Waals surface area contributed by atoms with Gasteiger partial charge in [-0.25, -0.2) is 4.99 Å². The highest BCUT2D eigenvalue weighted by molar-refractivity contribution is 8.13. The summed E-state index contributed by atoms with van der Waals surface area (Å²) < 4.78 is 5.28. The number of rotatable bonds is 4. The first kappa shape index (κ1) is 18.8. The van der Waals surface area contributed by atoms with Crippen LogP contribution in [0.2, 0.25) is 0 Å². The minimum absolute atomic E-state index is 0.0190. The first-order chi connectivity index (χ1) is 10.3. The SMILES string of the molecule is CS/C(=N\C(C)NC(C)=O)N1CCC(C(=O)OC(C)C)CC1. The average molecular weight is 329 g/mol. The highest BCUT2D eigenvalue weighted by atomic mass is 32.2. The highest BCUT2D eigenvalue weighted by Gasteiger charge is 2.28. The zero-order chi connectivity index (χ0) is 16.7. The van der Waals surface area contributed by atoms with Crippen molar-refractivity contribution in [3.8, 4) is 0 Å². The van der Waals surface area contributed by atoms with E-state index in [1.54, 1.807) is 11.8 Å². The van der Waals surface area contributed by atoms with Gasteiger partial charge in [-0.05, 0) is 39.9 Å². The van der Waals surface area contributed by atoms with Gasteiger partial charge in [-0.15, -0.1) is 0 Å². The van der Waals surface area contributed by atoms with E-state index < -0.39 is 0 Å². The zero-order valence-corrected chi connectivity index (χ0v) is 14.9. The Kier molecular flexibility index (Phi) is 7.72. The maximum Gasteiger partial charge on any atom is 0.309 e. The van der Waals surface area contributed by atoms with E-state index in [0.717, 1.165) is 31.1 Å². The lowest BCUT2D eigenvalue weighted by molar-refractivity contribution is -0.153. The fourth-order valence-electron chi connectivity index (χ4n) is 2.39. The standard InChI is InChI=1S/C15H27N3O3S/c1-10(2)21-14(20)13-6-8-18(9-7-13)15(22-5)17-11(3)16-12(4)19/h10-11,13H,6-9H2,1-5H3,(H,16,19)/b17-15-. The number of hydrogen-bond acceptors (Lipinski definition) is 5. The molecule has 1 amide bonds. The Balaban J connectivity index is 2.55. The molecule has 0 aromatic carbocycles. The summed E-state index contributed by atoms with van der Waals surface area (Å²) in [4.78, 5) is 29.7. The Hall–Kier alpha value is -1.24. The van der Waals surface area contributed by atoms with Gasteiger partial charge in [0.2, 0.25) is 5.91 Å². The lowest BCUT2D eigenvalue weighted by Crippen LogP contribution is -2.41. The molecule has 1 aliphatic rings. The van der Waals surface area contributed by atoms with Crippen molar-refractivity contribution < 1.29 is 14.3 Å².